The topological polar surface area (TPSA) is 24.9 Å². The van der Waals surface area contributed by atoms with E-state index in [4.69, 9.17) is 11.6 Å². The second-order valence-corrected chi connectivity index (χ2v) is 4.36. The van der Waals surface area contributed by atoms with Crippen molar-refractivity contribution in [3.63, 3.8) is 0 Å². The van der Waals surface area contributed by atoms with Crippen LogP contribution in [0.4, 0.5) is 0 Å². The van der Waals surface area contributed by atoms with Crippen molar-refractivity contribution >= 4 is 11.6 Å². The molecule has 0 amide bonds. The first-order chi connectivity index (χ1) is 8.29. The van der Waals surface area contributed by atoms with Crippen LogP contribution >= 0.6 is 11.6 Å². The lowest BCUT2D eigenvalue weighted by Crippen LogP contribution is -2.19. The Morgan fingerprint density at radius 1 is 1.18 bits per heavy atom. The molecular weight excluding hydrogens is 232 g/mol. The number of hydrogen-bond acceptors (Lipinski definition) is 2. The molecule has 1 heterocycles. The standard InChI is InChI=1S/C14H15ClN2/c1-16-14(11-5-3-2-4-6-11)9-13-8-7-12(15)10-17-13/h2-8,10,14,16H,9H2,1H3. The number of rotatable bonds is 4. The fourth-order valence-corrected chi connectivity index (χ4v) is 1.92. The van der Waals surface area contributed by atoms with Gasteiger partial charge >= 0.3 is 0 Å². The minimum Gasteiger partial charge on any atom is -0.313 e. The van der Waals surface area contributed by atoms with Gasteiger partial charge in [-0.25, -0.2) is 0 Å². The van der Waals surface area contributed by atoms with Gasteiger partial charge in [-0.1, -0.05) is 41.9 Å². The molecule has 2 rings (SSSR count). The summed E-state index contributed by atoms with van der Waals surface area (Å²) in [7, 11) is 1.97. The highest BCUT2D eigenvalue weighted by Gasteiger charge is 2.10. The number of halogens is 1. The van der Waals surface area contributed by atoms with Gasteiger partial charge in [0.15, 0.2) is 0 Å². The maximum absolute atomic E-state index is 5.82. The number of nitrogens with zero attached hydrogens (tertiary/aromatic N) is 1. The van der Waals surface area contributed by atoms with Crippen LogP contribution in [-0.2, 0) is 6.42 Å². The summed E-state index contributed by atoms with van der Waals surface area (Å²) in [6.07, 6.45) is 2.55. The smallest absolute Gasteiger partial charge is 0.0589 e. The van der Waals surface area contributed by atoms with E-state index in [2.05, 4.69) is 34.6 Å². The Balaban J connectivity index is 2.13. The van der Waals surface area contributed by atoms with E-state index in [9.17, 15) is 0 Å². The van der Waals surface area contributed by atoms with E-state index in [0.29, 0.717) is 5.02 Å². The zero-order valence-electron chi connectivity index (χ0n) is 9.73. The van der Waals surface area contributed by atoms with Crippen molar-refractivity contribution in [2.75, 3.05) is 7.05 Å². The lowest BCUT2D eigenvalue weighted by molar-refractivity contribution is 0.584. The summed E-state index contributed by atoms with van der Waals surface area (Å²) in [4.78, 5) is 4.32. The molecule has 0 aliphatic heterocycles. The Morgan fingerprint density at radius 3 is 2.53 bits per heavy atom. The lowest BCUT2D eigenvalue weighted by Gasteiger charge is -2.16. The van der Waals surface area contributed by atoms with E-state index in [1.54, 1.807) is 6.20 Å². The van der Waals surface area contributed by atoms with E-state index in [0.717, 1.165) is 12.1 Å². The molecule has 0 radical (unpaired) electrons. The van der Waals surface area contributed by atoms with Gasteiger partial charge in [0, 0.05) is 24.4 Å². The Kier molecular flexibility index (Phi) is 4.13. The van der Waals surface area contributed by atoms with Crippen LogP contribution in [0.2, 0.25) is 5.02 Å². The highest BCUT2D eigenvalue weighted by Crippen LogP contribution is 2.17. The maximum atomic E-state index is 5.82. The highest BCUT2D eigenvalue weighted by atomic mass is 35.5. The monoisotopic (exact) mass is 246 g/mol. The summed E-state index contributed by atoms with van der Waals surface area (Å²) in [5, 5.41) is 3.98. The van der Waals surface area contributed by atoms with Crippen LogP contribution in [0.15, 0.2) is 48.7 Å². The molecule has 1 atom stereocenters. The minimum atomic E-state index is 0.282. The van der Waals surface area contributed by atoms with Crippen molar-refractivity contribution < 1.29 is 0 Å². The molecule has 1 aromatic heterocycles. The number of aromatic nitrogens is 1. The average Bonchev–Trinajstić information content (AvgIpc) is 2.39. The summed E-state index contributed by atoms with van der Waals surface area (Å²) in [6.45, 7) is 0. The van der Waals surface area contributed by atoms with Crippen molar-refractivity contribution in [1.29, 1.82) is 0 Å². The summed E-state index contributed by atoms with van der Waals surface area (Å²) in [5.41, 5.74) is 2.31. The molecule has 0 saturated heterocycles. The summed E-state index contributed by atoms with van der Waals surface area (Å²) in [6, 6.07) is 14.5. The van der Waals surface area contributed by atoms with Gasteiger partial charge in [0.25, 0.3) is 0 Å². The number of pyridine rings is 1. The number of benzene rings is 1. The van der Waals surface area contributed by atoms with Gasteiger partial charge in [0.2, 0.25) is 0 Å². The summed E-state index contributed by atoms with van der Waals surface area (Å²) >= 11 is 5.82. The third-order valence-electron chi connectivity index (χ3n) is 2.75. The first-order valence-electron chi connectivity index (χ1n) is 5.62. The van der Waals surface area contributed by atoms with Crippen LogP contribution in [0.3, 0.4) is 0 Å². The van der Waals surface area contributed by atoms with Crippen molar-refractivity contribution in [2.24, 2.45) is 0 Å². The van der Waals surface area contributed by atoms with Gasteiger partial charge in [-0.05, 0) is 24.7 Å². The molecule has 88 valence electrons. The highest BCUT2D eigenvalue weighted by molar-refractivity contribution is 6.30. The van der Waals surface area contributed by atoms with E-state index in [1.807, 2.05) is 25.2 Å². The van der Waals surface area contributed by atoms with Crippen LogP contribution < -0.4 is 5.32 Å². The second kappa shape index (κ2) is 5.80. The van der Waals surface area contributed by atoms with E-state index in [-0.39, 0.29) is 6.04 Å². The second-order valence-electron chi connectivity index (χ2n) is 3.92. The van der Waals surface area contributed by atoms with Gasteiger partial charge in [-0.2, -0.15) is 0 Å². The maximum Gasteiger partial charge on any atom is 0.0589 e. The first kappa shape index (κ1) is 12.1. The van der Waals surface area contributed by atoms with Crippen molar-refractivity contribution in [3.8, 4) is 0 Å². The van der Waals surface area contributed by atoms with E-state index in [1.165, 1.54) is 5.56 Å². The third-order valence-corrected chi connectivity index (χ3v) is 2.98. The molecule has 2 aromatic rings. The third kappa shape index (κ3) is 3.29. The molecular formula is C14H15ClN2. The zero-order valence-corrected chi connectivity index (χ0v) is 10.5. The van der Waals surface area contributed by atoms with Crippen LogP contribution in [0.1, 0.15) is 17.3 Å². The lowest BCUT2D eigenvalue weighted by atomic mass is 10.0. The molecule has 0 fully saturated rings. The predicted octanol–water partition coefficient (Wildman–Crippen LogP) is 3.24. The molecule has 17 heavy (non-hydrogen) atoms. The van der Waals surface area contributed by atoms with Crippen LogP contribution in [0, 0.1) is 0 Å². The SMILES string of the molecule is CNC(Cc1ccc(Cl)cn1)c1ccccc1. The van der Waals surface area contributed by atoms with E-state index < -0.39 is 0 Å². The molecule has 0 saturated carbocycles. The van der Waals surface area contributed by atoms with Gasteiger partial charge in [-0.15, -0.1) is 0 Å². The van der Waals surface area contributed by atoms with Crippen molar-refractivity contribution in [1.82, 2.24) is 10.3 Å². The minimum absolute atomic E-state index is 0.282. The van der Waals surface area contributed by atoms with Gasteiger partial charge in [-0.3, -0.25) is 4.98 Å². The molecule has 0 aliphatic rings. The number of hydrogen-bond donors (Lipinski definition) is 1. The normalized spacial score (nSPS) is 12.4. The van der Waals surface area contributed by atoms with Gasteiger partial charge < -0.3 is 5.32 Å². The van der Waals surface area contributed by atoms with Gasteiger partial charge in [0.05, 0.1) is 5.02 Å². The van der Waals surface area contributed by atoms with Crippen LogP contribution in [0.5, 0.6) is 0 Å². The molecule has 2 nitrogen and oxygen atoms in total. The number of nitrogens with one attached hydrogen (secondary N) is 1. The molecule has 0 aliphatic carbocycles. The molecule has 0 spiro atoms. The quantitative estimate of drug-likeness (QED) is 0.896. The van der Waals surface area contributed by atoms with Crippen molar-refractivity contribution in [3.05, 3.63) is 64.9 Å². The average molecular weight is 247 g/mol. The van der Waals surface area contributed by atoms with E-state index >= 15 is 0 Å². The zero-order chi connectivity index (χ0) is 12.1. The summed E-state index contributed by atoms with van der Waals surface area (Å²) in [5.74, 6) is 0. The Hall–Kier alpha value is -1.38. The van der Waals surface area contributed by atoms with Crippen LogP contribution in [-0.4, -0.2) is 12.0 Å². The Labute approximate surface area is 107 Å². The molecule has 1 aromatic carbocycles. The fraction of sp³-hybridized carbons (Fsp3) is 0.214. The molecule has 3 heteroatoms. The fourth-order valence-electron chi connectivity index (χ4n) is 1.81. The molecule has 1 N–H and O–H groups in total. The van der Waals surface area contributed by atoms with Crippen molar-refractivity contribution in [2.45, 2.75) is 12.5 Å². The Morgan fingerprint density at radius 2 is 1.94 bits per heavy atom. The molecule has 1 unspecified atom stereocenters. The largest absolute Gasteiger partial charge is 0.313 e. The summed E-state index contributed by atoms with van der Waals surface area (Å²) < 4.78 is 0. The Bertz CT molecular complexity index is 453. The molecule has 0 bridgehead atoms. The number of likely N-dealkylation sites (N-methyl/N-ethyl adjacent to an activating group) is 1. The first-order valence-corrected chi connectivity index (χ1v) is 6.00. The van der Waals surface area contributed by atoms with Crippen LogP contribution in [0.25, 0.3) is 0 Å². The predicted molar refractivity (Wildman–Crippen MR) is 71.2 cm³/mol. The van der Waals surface area contributed by atoms with Gasteiger partial charge in [0.1, 0.15) is 0 Å².